The number of carbonyl (C=O) groups excluding carboxylic acids is 1. The van der Waals surface area contributed by atoms with Crippen LogP contribution in [0.3, 0.4) is 0 Å². The molecule has 0 amide bonds. The molecule has 1 aromatic heterocycles. The fourth-order valence-corrected chi connectivity index (χ4v) is 4.43. The van der Waals surface area contributed by atoms with Crippen LogP contribution >= 0.6 is 0 Å². The van der Waals surface area contributed by atoms with Crippen LogP contribution in [0.1, 0.15) is 49.7 Å². The van der Waals surface area contributed by atoms with Gasteiger partial charge in [-0.25, -0.2) is 4.79 Å². The van der Waals surface area contributed by atoms with Crippen molar-refractivity contribution in [1.82, 2.24) is 4.90 Å². The van der Waals surface area contributed by atoms with Gasteiger partial charge in [-0.1, -0.05) is 49.4 Å². The third kappa shape index (κ3) is 4.88. The van der Waals surface area contributed by atoms with E-state index >= 15 is 0 Å². The Morgan fingerprint density at radius 3 is 2.52 bits per heavy atom. The molecule has 0 aliphatic carbocycles. The lowest BCUT2D eigenvalue weighted by Gasteiger charge is -2.30. The summed E-state index contributed by atoms with van der Waals surface area (Å²) in [5, 5.41) is 11.4. The maximum Gasteiger partial charge on any atom is 0.343 e. The van der Waals surface area contributed by atoms with Crippen LogP contribution in [-0.2, 0) is 4.79 Å². The molecule has 1 saturated heterocycles. The van der Waals surface area contributed by atoms with Gasteiger partial charge in [0.05, 0.1) is 10.9 Å². The molecule has 5 heteroatoms. The maximum atomic E-state index is 13.0. The third-order valence-electron chi connectivity index (χ3n) is 6.39. The van der Waals surface area contributed by atoms with E-state index < -0.39 is 11.5 Å². The highest BCUT2D eigenvalue weighted by Crippen LogP contribution is 2.36. The fraction of sp³-hybridized carbons (Fsp3) is 0.385. The minimum absolute atomic E-state index is 0.0828. The van der Waals surface area contributed by atoms with Gasteiger partial charge in [-0.15, -0.1) is 0 Å². The van der Waals surface area contributed by atoms with Crippen molar-refractivity contribution >= 4 is 16.8 Å². The first-order valence-electron chi connectivity index (χ1n) is 11.1. The van der Waals surface area contributed by atoms with Crippen molar-refractivity contribution in [2.45, 2.75) is 38.5 Å². The average Bonchev–Trinajstić information content (AvgIpc) is 2.78. The predicted molar refractivity (Wildman–Crippen MR) is 122 cm³/mol. The first-order valence-corrected chi connectivity index (χ1v) is 11.1. The quantitative estimate of drug-likeness (QED) is 0.562. The molecule has 0 bridgehead atoms. The summed E-state index contributed by atoms with van der Waals surface area (Å²) in [7, 11) is 0. The van der Waals surface area contributed by atoms with Crippen molar-refractivity contribution in [2.24, 2.45) is 5.92 Å². The van der Waals surface area contributed by atoms with Gasteiger partial charge in [0.25, 0.3) is 0 Å². The number of fused-ring (bicyclic) bond motifs is 1. The van der Waals surface area contributed by atoms with Crippen LogP contribution in [0.5, 0.6) is 5.75 Å². The monoisotopic (exact) mass is 419 g/mol. The number of carbonyl (C=O) groups is 1. The van der Waals surface area contributed by atoms with Crippen LogP contribution < -0.4 is 5.63 Å². The number of hydrogen-bond donors (Lipinski definition) is 1. The largest absolute Gasteiger partial charge is 0.507 e. The normalized spacial score (nSPS) is 16.4. The lowest BCUT2D eigenvalue weighted by atomic mass is 9.86. The van der Waals surface area contributed by atoms with E-state index in [1.807, 2.05) is 30.3 Å². The van der Waals surface area contributed by atoms with Crippen molar-refractivity contribution in [1.29, 1.82) is 0 Å². The second-order valence-corrected chi connectivity index (χ2v) is 8.63. The number of Topliss-reactive ketones (excluding diaryl/α,β-unsaturated/α-hetero) is 1. The zero-order valence-corrected chi connectivity index (χ0v) is 17.9. The van der Waals surface area contributed by atoms with E-state index in [9.17, 15) is 14.7 Å². The number of para-hydroxylation sites is 1. The molecule has 162 valence electrons. The maximum absolute atomic E-state index is 13.0. The van der Waals surface area contributed by atoms with E-state index in [1.54, 1.807) is 24.3 Å². The van der Waals surface area contributed by atoms with Gasteiger partial charge in [-0.05, 0) is 49.5 Å². The Morgan fingerprint density at radius 2 is 1.77 bits per heavy atom. The molecule has 4 rings (SSSR count). The highest BCUT2D eigenvalue weighted by atomic mass is 16.4. The Bertz CT molecular complexity index is 1100. The van der Waals surface area contributed by atoms with E-state index in [4.69, 9.17) is 4.42 Å². The van der Waals surface area contributed by atoms with Crippen LogP contribution in [0.15, 0.2) is 63.8 Å². The fourth-order valence-electron chi connectivity index (χ4n) is 4.43. The van der Waals surface area contributed by atoms with Crippen molar-refractivity contribution in [2.75, 3.05) is 19.6 Å². The molecule has 1 atom stereocenters. The number of nitrogens with zero attached hydrogens (tertiary/aromatic N) is 1. The van der Waals surface area contributed by atoms with Crippen LogP contribution in [0, 0.1) is 5.92 Å². The Hall–Kier alpha value is -2.92. The molecule has 2 aromatic carbocycles. The Balaban J connectivity index is 1.60. The molecule has 5 nitrogen and oxygen atoms in total. The number of aromatic hydroxyl groups is 1. The van der Waals surface area contributed by atoms with Gasteiger partial charge in [-0.3, -0.25) is 4.79 Å². The molecule has 3 aromatic rings. The van der Waals surface area contributed by atoms with E-state index in [2.05, 4.69) is 11.8 Å². The molecular formula is C26H29NO4. The molecular weight excluding hydrogens is 390 g/mol. The van der Waals surface area contributed by atoms with Crippen LogP contribution in [0.2, 0.25) is 0 Å². The van der Waals surface area contributed by atoms with Crippen molar-refractivity contribution < 1.29 is 14.3 Å². The summed E-state index contributed by atoms with van der Waals surface area (Å²) in [5.74, 6) is 0.193. The smallest absolute Gasteiger partial charge is 0.343 e. The molecule has 1 aliphatic heterocycles. The zero-order valence-electron chi connectivity index (χ0n) is 17.9. The first kappa shape index (κ1) is 21.3. The summed E-state index contributed by atoms with van der Waals surface area (Å²) in [4.78, 5) is 28.1. The number of rotatable bonds is 7. The van der Waals surface area contributed by atoms with Gasteiger partial charge < -0.3 is 14.4 Å². The molecule has 2 heterocycles. The lowest BCUT2D eigenvalue weighted by molar-refractivity contribution is -0.119. The average molecular weight is 420 g/mol. The lowest BCUT2D eigenvalue weighted by Crippen LogP contribution is -2.34. The second-order valence-electron chi connectivity index (χ2n) is 8.63. The van der Waals surface area contributed by atoms with E-state index in [0.29, 0.717) is 17.4 Å². The van der Waals surface area contributed by atoms with Gasteiger partial charge in [0.2, 0.25) is 0 Å². The molecule has 0 spiro atoms. The van der Waals surface area contributed by atoms with Gasteiger partial charge in [0, 0.05) is 25.3 Å². The summed E-state index contributed by atoms with van der Waals surface area (Å²) in [6, 6.07) is 16.3. The SMILES string of the molecule is CC1CCN(CCC(=O)C[C@@H](c2ccccc2)c2c(O)c3ccccc3oc2=O)CC1. The standard InChI is InChI=1S/C26H29NO4/c1-18-11-14-27(15-12-18)16-13-20(28)17-22(19-7-3-2-4-8-19)24-25(29)21-9-5-6-10-23(21)31-26(24)30/h2-10,18,22,29H,11-17H2,1H3/t22-/m0/s1. The summed E-state index contributed by atoms with van der Waals surface area (Å²) in [6.45, 7) is 5.08. The van der Waals surface area contributed by atoms with Gasteiger partial charge in [0.1, 0.15) is 17.1 Å². The number of likely N-dealkylation sites (tertiary alicyclic amines) is 1. The number of ketones is 1. The highest BCUT2D eigenvalue weighted by Gasteiger charge is 2.27. The Kier molecular flexibility index (Phi) is 6.52. The van der Waals surface area contributed by atoms with Crippen molar-refractivity contribution in [3.63, 3.8) is 0 Å². The molecule has 0 saturated carbocycles. The van der Waals surface area contributed by atoms with Crippen molar-refractivity contribution in [3.8, 4) is 5.75 Å². The number of piperidine rings is 1. The topological polar surface area (TPSA) is 70.8 Å². The van der Waals surface area contributed by atoms with Gasteiger partial charge in [0.15, 0.2) is 0 Å². The molecule has 1 aliphatic rings. The van der Waals surface area contributed by atoms with Crippen molar-refractivity contribution in [3.05, 3.63) is 76.1 Å². The first-order chi connectivity index (χ1) is 15.0. The second kappa shape index (κ2) is 9.48. The van der Waals surface area contributed by atoms with Gasteiger partial charge in [-0.2, -0.15) is 0 Å². The summed E-state index contributed by atoms with van der Waals surface area (Å²) in [6.07, 6.45) is 2.95. The van der Waals surface area contributed by atoms with Crippen LogP contribution in [0.4, 0.5) is 0 Å². The highest BCUT2D eigenvalue weighted by molar-refractivity contribution is 5.85. The molecule has 31 heavy (non-hydrogen) atoms. The summed E-state index contributed by atoms with van der Waals surface area (Å²) in [5.41, 5.74) is 0.722. The molecule has 0 radical (unpaired) electrons. The third-order valence-corrected chi connectivity index (χ3v) is 6.39. The number of hydrogen-bond acceptors (Lipinski definition) is 5. The molecule has 1 fully saturated rings. The van der Waals surface area contributed by atoms with E-state index in [0.717, 1.165) is 31.1 Å². The van der Waals surface area contributed by atoms with Crippen LogP contribution in [-0.4, -0.2) is 35.4 Å². The number of benzene rings is 2. The molecule has 0 unspecified atom stereocenters. The van der Waals surface area contributed by atoms with Crippen LogP contribution in [0.25, 0.3) is 11.0 Å². The minimum atomic E-state index is -0.595. The summed E-state index contributed by atoms with van der Waals surface area (Å²) < 4.78 is 5.49. The van der Waals surface area contributed by atoms with E-state index in [1.165, 1.54) is 12.8 Å². The zero-order chi connectivity index (χ0) is 21.8. The summed E-state index contributed by atoms with van der Waals surface area (Å²) >= 11 is 0. The Morgan fingerprint density at radius 1 is 1.10 bits per heavy atom. The predicted octanol–water partition coefficient (Wildman–Crippen LogP) is 4.71. The Labute approximate surface area is 182 Å². The van der Waals surface area contributed by atoms with E-state index in [-0.39, 0.29) is 23.5 Å². The molecule has 1 N–H and O–H groups in total. The van der Waals surface area contributed by atoms with Gasteiger partial charge >= 0.3 is 5.63 Å². The minimum Gasteiger partial charge on any atom is -0.507 e.